The smallest absolute Gasteiger partial charge is 0.451 e. The van der Waals surface area contributed by atoms with Crippen LogP contribution in [0.25, 0.3) is 0 Å². The average Bonchev–Trinajstić information content (AvgIpc) is 2.88. The number of carbonyl (C=O) groups is 1. The van der Waals surface area contributed by atoms with Gasteiger partial charge in [0, 0.05) is 18.8 Å². The normalized spacial score (nSPS) is 12.8. The molecule has 130 valence electrons. The van der Waals surface area contributed by atoms with Crippen molar-refractivity contribution < 1.29 is 22.7 Å². The van der Waals surface area contributed by atoms with E-state index in [1.807, 2.05) is 0 Å². The molecule has 0 radical (unpaired) electrons. The predicted octanol–water partition coefficient (Wildman–Crippen LogP) is 2.96. The molecule has 0 fully saturated rings. The van der Waals surface area contributed by atoms with Crippen molar-refractivity contribution in [3.05, 3.63) is 30.1 Å². The zero-order valence-corrected chi connectivity index (χ0v) is 13.9. The van der Waals surface area contributed by atoms with Crippen LogP contribution in [-0.2, 0) is 18.0 Å². The first kappa shape index (κ1) is 18.1. The van der Waals surface area contributed by atoms with Crippen LogP contribution in [0.3, 0.4) is 0 Å². The Bertz CT molecular complexity index is 733. The lowest BCUT2D eigenvalue weighted by atomic mass is 10.3. The number of carbonyl (C=O) groups excluding carboxylic acids is 1. The minimum Gasteiger partial charge on any atom is -0.497 e. The molecule has 0 aliphatic rings. The Morgan fingerprint density at radius 1 is 1.38 bits per heavy atom. The molecule has 2 rings (SSSR count). The average molecular weight is 360 g/mol. The van der Waals surface area contributed by atoms with Crippen molar-refractivity contribution in [2.24, 2.45) is 7.05 Å². The van der Waals surface area contributed by atoms with Gasteiger partial charge < -0.3 is 14.6 Å². The number of ether oxygens (including phenoxy) is 1. The first-order valence-corrected chi connectivity index (χ1v) is 7.68. The molecule has 10 heteroatoms. The van der Waals surface area contributed by atoms with Gasteiger partial charge in [-0.1, -0.05) is 17.8 Å². The molecule has 2 aromatic rings. The maximum atomic E-state index is 12.7. The summed E-state index contributed by atoms with van der Waals surface area (Å²) in [7, 11) is 2.71. The highest BCUT2D eigenvalue weighted by atomic mass is 32.2. The zero-order chi connectivity index (χ0) is 17.9. The molecule has 0 spiro atoms. The molecular formula is C14H15F3N4O2S. The molecule has 0 saturated heterocycles. The lowest BCUT2D eigenvalue weighted by molar-refractivity contribution is -0.147. The van der Waals surface area contributed by atoms with Crippen molar-refractivity contribution in [3.63, 3.8) is 0 Å². The Labute approximate surface area is 140 Å². The van der Waals surface area contributed by atoms with Crippen LogP contribution in [0.15, 0.2) is 29.4 Å². The molecule has 0 aliphatic carbocycles. The number of methoxy groups -OCH3 is 1. The van der Waals surface area contributed by atoms with Gasteiger partial charge >= 0.3 is 6.18 Å². The van der Waals surface area contributed by atoms with Gasteiger partial charge in [-0.25, -0.2) is 0 Å². The Morgan fingerprint density at radius 2 is 2.08 bits per heavy atom. The third kappa shape index (κ3) is 4.19. The van der Waals surface area contributed by atoms with Crippen molar-refractivity contribution in [1.82, 2.24) is 14.8 Å². The number of thioether (sulfide) groups is 1. The third-order valence-corrected chi connectivity index (χ3v) is 4.21. The van der Waals surface area contributed by atoms with Crippen molar-refractivity contribution in [1.29, 1.82) is 0 Å². The summed E-state index contributed by atoms with van der Waals surface area (Å²) >= 11 is 0.891. The molecule has 0 bridgehead atoms. The van der Waals surface area contributed by atoms with E-state index in [1.165, 1.54) is 14.2 Å². The van der Waals surface area contributed by atoms with E-state index in [1.54, 1.807) is 31.2 Å². The van der Waals surface area contributed by atoms with E-state index < -0.39 is 17.3 Å². The van der Waals surface area contributed by atoms with Crippen LogP contribution in [0.2, 0.25) is 0 Å². The molecular weight excluding hydrogens is 345 g/mol. The summed E-state index contributed by atoms with van der Waals surface area (Å²) in [5.74, 6) is -0.897. The molecule has 6 nitrogen and oxygen atoms in total. The fraction of sp³-hybridized carbons (Fsp3) is 0.357. The summed E-state index contributed by atoms with van der Waals surface area (Å²) in [6.45, 7) is 1.57. The number of amides is 1. The number of benzene rings is 1. The molecule has 0 unspecified atom stereocenters. The number of hydrogen-bond donors (Lipinski definition) is 1. The molecule has 0 aliphatic heterocycles. The first-order chi connectivity index (χ1) is 11.2. The summed E-state index contributed by atoms with van der Waals surface area (Å²) in [5, 5.41) is 8.64. The highest BCUT2D eigenvalue weighted by Gasteiger charge is 2.37. The molecule has 24 heavy (non-hydrogen) atoms. The predicted molar refractivity (Wildman–Crippen MR) is 82.9 cm³/mol. The SMILES string of the molecule is COc1cccc(NC(=O)[C@H](C)Sc2nnc(C(F)(F)F)n2C)c1. The fourth-order valence-corrected chi connectivity index (χ4v) is 2.64. The monoisotopic (exact) mass is 360 g/mol. The van der Waals surface area contributed by atoms with E-state index in [9.17, 15) is 18.0 Å². The number of nitrogens with one attached hydrogen (secondary N) is 1. The number of alkyl halides is 3. The lowest BCUT2D eigenvalue weighted by Gasteiger charge is -2.12. The molecule has 1 amide bonds. The summed E-state index contributed by atoms with van der Waals surface area (Å²) < 4.78 is 44.0. The van der Waals surface area contributed by atoms with Gasteiger partial charge in [-0.15, -0.1) is 10.2 Å². The van der Waals surface area contributed by atoms with Crippen LogP contribution >= 0.6 is 11.8 Å². The van der Waals surface area contributed by atoms with Crippen LogP contribution in [-0.4, -0.2) is 33.0 Å². The summed E-state index contributed by atoms with van der Waals surface area (Å²) in [6, 6.07) is 6.76. The second kappa shape index (κ2) is 7.12. The zero-order valence-electron chi connectivity index (χ0n) is 13.1. The number of anilines is 1. The molecule has 1 N–H and O–H groups in total. The fourth-order valence-electron chi connectivity index (χ4n) is 1.82. The maximum absolute atomic E-state index is 12.7. The summed E-state index contributed by atoms with van der Waals surface area (Å²) in [6.07, 6.45) is -4.59. The summed E-state index contributed by atoms with van der Waals surface area (Å²) in [4.78, 5) is 12.2. The van der Waals surface area contributed by atoms with Gasteiger partial charge in [0.2, 0.25) is 11.7 Å². The van der Waals surface area contributed by atoms with Gasteiger partial charge in [0.25, 0.3) is 0 Å². The van der Waals surface area contributed by atoms with Gasteiger partial charge in [0.05, 0.1) is 12.4 Å². The number of halogens is 3. The minimum atomic E-state index is -4.59. The van der Waals surface area contributed by atoms with Gasteiger partial charge in [-0.3, -0.25) is 4.79 Å². The van der Waals surface area contributed by atoms with Crippen molar-refractivity contribution in [2.75, 3.05) is 12.4 Å². The van der Waals surface area contributed by atoms with Crippen LogP contribution < -0.4 is 10.1 Å². The summed E-state index contributed by atoms with van der Waals surface area (Å²) in [5.41, 5.74) is 0.528. The van der Waals surface area contributed by atoms with Crippen molar-refractivity contribution >= 4 is 23.4 Å². The minimum absolute atomic E-state index is 0.00983. The highest BCUT2D eigenvalue weighted by molar-refractivity contribution is 8.00. The van der Waals surface area contributed by atoms with Crippen LogP contribution in [0.4, 0.5) is 18.9 Å². The Kier molecular flexibility index (Phi) is 5.37. The second-order valence-corrected chi connectivity index (χ2v) is 6.15. The van der Waals surface area contributed by atoms with E-state index in [4.69, 9.17) is 4.74 Å². The third-order valence-electron chi connectivity index (χ3n) is 3.08. The quantitative estimate of drug-likeness (QED) is 0.831. The van der Waals surface area contributed by atoms with Gasteiger partial charge in [0.15, 0.2) is 5.16 Å². The van der Waals surface area contributed by atoms with Crippen LogP contribution in [0.1, 0.15) is 12.7 Å². The van der Waals surface area contributed by atoms with E-state index in [2.05, 4.69) is 15.5 Å². The van der Waals surface area contributed by atoms with Crippen LogP contribution in [0.5, 0.6) is 5.75 Å². The highest BCUT2D eigenvalue weighted by Crippen LogP contribution is 2.31. The Morgan fingerprint density at radius 3 is 2.67 bits per heavy atom. The Balaban J connectivity index is 2.05. The Hall–Kier alpha value is -2.23. The van der Waals surface area contributed by atoms with E-state index in [-0.39, 0.29) is 11.1 Å². The molecule has 1 aromatic carbocycles. The number of aromatic nitrogens is 3. The van der Waals surface area contributed by atoms with Crippen LogP contribution in [0, 0.1) is 0 Å². The van der Waals surface area contributed by atoms with E-state index in [0.29, 0.717) is 11.4 Å². The maximum Gasteiger partial charge on any atom is 0.451 e. The number of rotatable bonds is 5. The largest absolute Gasteiger partial charge is 0.497 e. The molecule has 1 heterocycles. The van der Waals surface area contributed by atoms with E-state index in [0.717, 1.165) is 16.3 Å². The second-order valence-electron chi connectivity index (χ2n) is 4.84. The molecule has 1 atom stereocenters. The van der Waals surface area contributed by atoms with Gasteiger partial charge in [-0.05, 0) is 19.1 Å². The standard InChI is InChI=1S/C14H15F3N4O2S/c1-8(11(22)18-9-5-4-6-10(7-9)23-3)24-13-20-19-12(21(13)2)14(15,16)17/h4-8H,1-3H3,(H,18,22)/t8-/m0/s1. The van der Waals surface area contributed by atoms with Crippen molar-refractivity contribution in [3.8, 4) is 5.75 Å². The van der Waals surface area contributed by atoms with Gasteiger partial charge in [0.1, 0.15) is 5.75 Å². The van der Waals surface area contributed by atoms with E-state index >= 15 is 0 Å². The van der Waals surface area contributed by atoms with Gasteiger partial charge in [-0.2, -0.15) is 13.2 Å². The number of nitrogens with zero attached hydrogens (tertiary/aromatic N) is 3. The molecule has 0 saturated carbocycles. The molecule has 1 aromatic heterocycles. The topological polar surface area (TPSA) is 69.0 Å². The number of hydrogen-bond acceptors (Lipinski definition) is 5. The lowest BCUT2D eigenvalue weighted by Crippen LogP contribution is -2.23. The van der Waals surface area contributed by atoms with Crippen molar-refractivity contribution in [2.45, 2.75) is 23.5 Å². The first-order valence-electron chi connectivity index (χ1n) is 6.80.